The number of fused-ring (bicyclic) bond motifs is 5. The summed E-state index contributed by atoms with van der Waals surface area (Å²) in [5.41, 5.74) is 0.215. The maximum atomic E-state index is 12.6. The summed E-state index contributed by atoms with van der Waals surface area (Å²) in [5, 5.41) is 55.0. The van der Waals surface area contributed by atoms with Crippen LogP contribution in [0.5, 0.6) is 0 Å². The second-order valence-corrected chi connectivity index (χ2v) is 18.7. The molecule has 0 aromatic heterocycles. The summed E-state index contributed by atoms with van der Waals surface area (Å²) >= 11 is 0. The highest BCUT2D eigenvalue weighted by atomic mass is 16.7. The molecular weight excluding hydrogens is 700 g/mol. The molecule has 0 radical (unpaired) electrons. The van der Waals surface area contributed by atoms with Crippen molar-refractivity contribution < 1.29 is 63.5 Å². The van der Waals surface area contributed by atoms with Gasteiger partial charge in [-0.2, -0.15) is 0 Å². The van der Waals surface area contributed by atoms with Gasteiger partial charge in [0, 0.05) is 30.8 Å². The van der Waals surface area contributed by atoms with Crippen LogP contribution in [0.3, 0.4) is 0 Å². The Hall–Kier alpha value is -1.23. The van der Waals surface area contributed by atoms with Gasteiger partial charge in [-0.05, 0) is 113 Å². The second kappa shape index (κ2) is 14.9. The number of carbonyl (C=O) groups excluding carboxylic acids is 1. The molecule has 0 amide bonds. The second-order valence-electron chi connectivity index (χ2n) is 18.7. The number of hydrogen-bond acceptors (Lipinski definition) is 13. The highest BCUT2D eigenvalue weighted by Crippen LogP contribution is 2.70. The molecule has 0 aromatic carbocycles. The van der Waals surface area contributed by atoms with E-state index in [-0.39, 0.29) is 54.0 Å². The first-order chi connectivity index (χ1) is 25.6. The third kappa shape index (κ3) is 6.82. The van der Waals surface area contributed by atoms with E-state index in [1.807, 2.05) is 6.92 Å². The Morgan fingerprint density at radius 1 is 0.685 bits per heavy atom. The van der Waals surface area contributed by atoms with Crippen molar-refractivity contribution in [2.24, 2.45) is 34.5 Å². The highest BCUT2D eigenvalue weighted by molar-refractivity contribution is 5.85. The molecule has 0 spiro atoms. The molecule has 5 N–H and O–H groups in total. The Balaban J connectivity index is 0.826. The van der Waals surface area contributed by atoms with Gasteiger partial charge in [-0.1, -0.05) is 13.8 Å². The summed E-state index contributed by atoms with van der Waals surface area (Å²) in [5.74, 6) is 1.13. The lowest BCUT2D eigenvalue weighted by molar-refractivity contribution is -0.336. The smallest absolute Gasteiger partial charge is 0.331 e. The van der Waals surface area contributed by atoms with Crippen LogP contribution >= 0.6 is 0 Å². The van der Waals surface area contributed by atoms with Crippen molar-refractivity contribution in [3.05, 3.63) is 11.6 Å². The first-order valence-electron chi connectivity index (χ1n) is 20.8. The summed E-state index contributed by atoms with van der Waals surface area (Å²) in [4.78, 5) is 11.9. The lowest BCUT2D eigenvalue weighted by Crippen LogP contribution is -2.62. The van der Waals surface area contributed by atoms with Crippen molar-refractivity contribution in [1.82, 2.24) is 0 Å². The molecule has 0 aromatic rings. The minimum absolute atomic E-state index is 0.0243. The van der Waals surface area contributed by atoms with E-state index in [4.69, 9.17) is 33.2 Å². The van der Waals surface area contributed by atoms with Gasteiger partial charge in [-0.3, -0.25) is 0 Å². The minimum atomic E-state index is -0.996. The summed E-state index contributed by atoms with van der Waals surface area (Å²) in [6, 6.07) is 0. The van der Waals surface area contributed by atoms with E-state index in [0.717, 1.165) is 63.4 Å². The van der Waals surface area contributed by atoms with Gasteiger partial charge in [-0.15, -0.1) is 0 Å². The van der Waals surface area contributed by atoms with E-state index in [1.165, 1.54) is 0 Å². The minimum Gasteiger partial charge on any atom is -0.458 e. The largest absolute Gasteiger partial charge is 0.458 e. The van der Waals surface area contributed by atoms with Gasteiger partial charge >= 0.3 is 5.97 Å². The van der Waals surface area contributed by atoms with Crippen LogP contribution in [0.1, 0.15) is 112 Å². The van der Waals surface area contributed by atoms with Gasteiger partial charge in [0.05, 0.1) is 48.3 Å². The zero-order chi connectivity index (χ0) is 38.3. The maximum absolute atomic E-state index is 12.6. The lowest BCUT2D eigenvalue weighted by Gasteiger charge is -2.64. The number of rotatable bonds is 7. The number of carbonyl (C=O) groups is 1. The number of cyclic esters (lactones) is 1. The van der Waals surface area contributed by atoms with Gasteiger partial charge in [0.25, 0.3) is 0 Å². The fourth-order valence-electron chi connectivity index (χ4n) is 12.8. The lowest BCUT2D eigenvalue weighted by atomic mass is 9.43. The van der Waals surface area contributed by atoms with E-state index in [9.17, 15) is 30.3 Å². The topological polar surface area (TPSA) is 183 Å². The standard InChI is InChI=1S/C41H64O13/c1-20-36(46)29(42)16-34(49-20)53-38-22(3)51-35(18-31(38)44)54-37-21(2)50-33(17-30(37)43)52-25-8-11-39(4)24(15-25)6-7-28-27(39)9-12-40(5)26(10-13-41(28,40)47)23-14-32(45)48-19-23/h14,20-22,24-31,33-38,42-44,46-47H,6-13,15-19H2,1-5H3/t20?,21?,22?,24-,25+,26-,27+,28-,29?,30?,31?,33+,34+,35+,36-,37-,38-,39+,40-,41+/m1/s1. The van der Waals surface area contributed by atoms with Crippen LogP contribution in [-0.4, -0.2) is 124 Å². The average Bonchev–Trinajstić information content (AvgIpc) is 3.66. The molecule has 4 aliphatic carbocycles. The van der Waals surface area contributed by atoms with E-state index in [0.29, 0.717) is 18.4 Å². The molecule has 54 heavy (non-hydrogen) atoms. The van der Waals surface area contributed by atoms with Crippen molar-refractivity contribution in [3.8, 4) is 0 Å². The van der Waals surface area contributed by atoms with Gasteiger partial charge in [0.2, 0.25) is 0 Å². The molecule has 306 valence electrons. The molecule has 0 bridgehead atoms. The Bertz CT molecular complexity index is 1370. The number of ether oxygens (including phenoxy) is 7. The number of esters is 1. The van der Waals surface area contributed by atoms with Crippen LogP contribution < -0.4 is 0 Å². The molecule has 4 saturated carbocycles. The van der Waals surface area contributed by atoms with Crippen LogP contribution in [0.4, 0.5) is 0 Å². The Morgan fingerprint density at radius 3 is 1.89 bits per heavy atom. The molecule has 8 aliphatic rings. The third-order valence-corrected chi connectivity index (χ3v) is 15.9. The predicted octanol–water partition coefficient (Wildman–Crippen LogP) is 3.25. The third-order valence-electron chi connectivity index (χ3n) is 15.9. The number of aliphatic hydroxyl groups is 5. The van der Waals surface area contributed by atoms with E-state index in [2.05, 4.69) is 13.8 Å². The zero-order valence-corrected chi connectivity index (χ0v) is 32.6. The fourth-order valence-corrected chi connectivity index (χ4v) is 12.8. The molecular formula is C41H64O13. The first kappa shape index (κ1) is 39.6. The van der Waals surface area contributed by atoms with E-state index in [1.54, 1.807) is 19.9 Å². The van der Waals surface area contributed by atoms with Crippen LogP contribution in [0.25, 0.3) is 0 Å². The summed E-state index contributed by atoms with van der Waals surface area (Å²) in [6.45, 7) is 10.4. The molecule has 13 heteroatoms. The van der Waals surface area contributed by atoms with Crippen molar-refractivity contribution >= 4 is 5.97 Å². The Labute approximate surface area is 319 Å². The van der Waals surface area contributed by atoms with Crippen LogP contribution in [0.2, 0.25) is 0 Å². The SMILES string of the molecule is CC1O[C@@H](O[C@H]2C(O)C[C@H](O[C@H]3C(O)C[C@H](O[C@H]4CC[C@@]5(C)[C@H](CC[C@@H]6[C@@H]5CC[C@]5(C)[C@@H](C7=CC(=O)OC7)CC[C@]65O)C4)OC3C)OC2C)CC(O)[C@@H]1O. The summed E-state index contributed by atoms with van der Waals surface area (Å²) < 4.78 is 42.2. The number of hydrogen-bond donors (Lipinski definition) is 5. The summed E-state index contributed by atoms with van der Waals surface area (Å²) in [6.07, 6.45) is 1.90. The quantitative estimate of drug-likeness (QED) is 0.188. The van der Waals surface area contributed by atoms with Crippen molar-refractivity contribution in [1.29, 1.82) is 0 Å². The number of aliphatic hydroxyl groups excluding tert-OH is 4. The van der Waals surface area contributed by atoms with E-state index >= 15 is 0 Å². The van der Waals surface area contributed by atoms with Gasteiger partial charge in [-0.25, -0.2) is 4.79 Å². The van der Waals surface area contributed by atoms with Crippen molar-refractivity contribution in [2.75, 3.05) is 6.61 Å². The van der Waals surface area contributed by atoms with Crippen molar-refractivity contribution in [2.45, 2.75) is 197 Å². The Morgan fingerprint density at radius 2 is 1.30 bits per heavy atom. The Kier molecular flexibility index (Phi) is 10.9. The fraction of sp³-hybridized carbons (Fsp3) is 0.927. The first-order valence-corrected chi connectivity index (χ1v) is 20.8. The molecule has 20 atom stereocenters. The van der Waals surface area contributed by atoms with Gasteiger partial charge in [0.1, 0.15) is 24.9 Å². The monoisotopic (exact) mass is 764 g/mol. The molecule has 7 fully saturated rings. The van der Waals surface area contributed by atoms with Crippen LogP contribution in [0.15, 0.2) is 11.6 Å². The summed E-state index contributed by atoms with van der Waals surface area (Å²) in [7, 11) is 0. The normalized spacial score (nSPS) is 55.0. The molecule has 6 unspecified atom stereocenters. The van der Waals surface area contributed by atoms with Gasteiger partial charge < -0.3 is 58.7 Å². The van der Waals surface area contributed by atoms with E-state index < -0.39 is 79.4 Å². The molecule has 8 rings (SSSR count). The average molecular weight is 765 g/mol. The molecule has 4 heterocycles. The predicted molar refractivity (Wildman–Crippen MR) is 191 cm³/mol. The highest BCUT2D eigenvalue weighted by Gasteiger charge is 2.68. The maximum Gasteiger partial charge on any atom is 0.331 e. The molecule has 4 aliphatic heterocycles. The van der Waals surface area contributed by atoms with Crippen LogP contribution in [0, 0.1) is 34.5 Å². The van der Waals surface area contributed by atoms with Crippen LogP contribution in [-0.2, 0) is 38.0 Å². The van der Waals surface area contributed by atoms with Gasteiger partial charge in [0.15, 0.2) is 18.9 Å². The molecule has 13 nitrogen and oxygen atoms in total. The van der Waals surface area contributed by atoms with Crippen molar-refractivity contribution in [3.63, 3.8) is 0 Å². The molecule has 3 saturated heterocycles. The zero-order valence-electron chi connectivity index (χ0n) is 32.6.